The number of ether oxygens (including phenoxy) is 1. The number of pyridine rings is 1. The summed E-state index contributed by atoms with van der Waals surface area (Å²) in [6.45, 7) is 1.57. The highest BCUT2D eigenvalue weighted by atomic mass is 16.5. The van der Waals surface area contributed by atoms with Crippen LogP contribution in [0.3, 0.4) is 0 Å². The van der Waals surface area contributed by atoms with Crippen molar-refractivity contribution in [2.45, 2.75) is 12.5 Å². The molecule has 7 heteroatoms. The summed E-state index contributed by atoms with van der Waals surface area (Å²) in [4.78, 5) is 18.4. The molecule has 3 heterocycles. The van der Waals surface area contributed by atoms with Crippen LogP contribution in [0.5, 0.6) is 0 Å². The van der Waals surface area contributed by atoms with E-state index in [0.29, 0.717) is 25.4 Å². The number of carbonyl (C=O) groups is 1. The molecule has 1 amide bonds. The molecule has 1 aliphatic rings. The van der Waals surface area contributed by atoms with Crippen LogP contribution in [0.15, 0.2) is 24.4 Å². The van der Waals surface area contributed by atoms with Gasteiger partial charge in [-0.25, -0.2) is 0 Å². The summed E-state index contributed by atoms with van der Waals surface area (Å²) in [7, 11) is 3.52. The molecule has 2 aromatic rings. The van der Waals surface area contributed by atoms with Crippen LogP contribution >= 0.6 is 0 Å². The Morgan fingerprint density at radius 1 is 1.48 bits per heavy atom. The van der Waals surface area contributed by atoms with E-state index in [0.717, 1.165) is 11.4 Å². The molecule has 0 radical (unpaired) electrons. The number of hydrogen-bond acceptors (Lipinski definition) is 5. The molecule has 21 heavy (non-hydrogen) atoms. The second-order valence-corrected chi connectivity index (χ2v) is 5.10. The van der Waals surface area contributed by atoms with Crippen molar-refractivity contribution in [2.75, 3.05) is 20.3 Å². The molecule has 0 aliphatic carbocycles. The Morgan fingerprint density at radius 3 is 3.05 bits per heavy atom. The van der Waals surface area contributed by atoms with E-state index in [9.17, 15) is 4.79 Å². The van der Waals surface area contributed by atoms with Gasteiger partial charge >= 0.3 is 0 Å². The first kappa shape index (κ1) is 13.7. The fourth-order valence-corrected chi connectivity index (χ4v) is 2.76. The van der Waals surface area contributed by atoms with E-state index in [2.05, 4.69) is 15.3 Å². The normalized spacial score (nSPS) is 17.6. The number of aromatic nitrogens is 4. The van der Waals surface area contributed by atoms with Gasteiger partial charge in [-0.2, -0.15) is 0 Å². The van der Waals surface area contributed by atoms with Crippen molar-refractivity contribution in [3.63, 3.8) is 0 Å². The van der Waals surface area contributed by atoms with E-state index in [1.807, 2.05) is 13.1 Å². The van der Waals surface area contributed by atoms with Crippen molar-refractivity contribution in [1.29, 1.82) is 0 Å². The molecule has 1 atom stereocenters. The van der Waals surface area contributed by atoms with E-state index in [4.69, 9.17) is 4.74 Å². The number of amides is 1. The van der Waals surface area contributed by atoms with Gasteiger partial charge in [0.05, 0.1) is 18.8 Å². The van der Waals surface area contributed by atoms with Gasteiger partial charge in [0.1, 0.15) is 11.4 Å². The van der Waals surface area contributed by atoms with Crippen LogP contribution in [-0.2, 0) is 18.3 Å². The average molecular weight is 287 g/mol. The first-order chi connectivity index (χ1) is 10.2. The highest BCUT2D eigenvalue weighted by Crippen LogP contribution is 2.27. The maximum Gasteiger partial charge on any atom is 0.272 e. The molecule has 0 fully saturated rings. The molecule has 0 unspecified atom stereocenters. The Morgan fingerprint density at radius 2 is 2.33 bits per heavy atom. The van der Waals surface area contributed by atoms with Crippen molar-refractivity contribution in [3.8, 4) is 0 Å². The minimum absolute atomic E-state index is 0.0754. The summed E-state index contributed by atoms with van der Waals surface area (Å²) in [6.07, 6.45) is 1.62. The second kappa shape index (κ2) is 5.61. The smallest absolute Gasteiger partial charge is 0.272 e. The number of rotatable bonds is 3. The van der Waals surface area contributed by atoms with Gasteiger partial charge in [-0.1, -0.05) is 11.3 Å². The maximum absolute atomic E-state index is 12.5. The summed E-state index contributed by atoms with van der Waals surface area (Å²) in [5, 5.41) is 8.21. The summed E-state index contributed by atoms with van der Waals surface area (Å²) in [5.74, 6) is -0.0144. The number of carbonyl (C=O) groups excluding carboxylic acids is 1. The number of methoxy groups -OCH3 is 1. The summed E-state index contributed by atoms with van der Waals surface area (Å²) < 4.78 is 7.04. The van der Waals surface area contributed by atoms with Gasteiger partial charge in [-0.05, 0) is 12.1 Å². The predicted molar refractivity (Wildman–Crippen MR) is 74.6 cm³/mol. The fourth-order valence-electron chi connectivity index (χ4n) is 2.76. The lowest BCUT2D eigenvalue weighted by Crippen LogP contribution is -2.40. The summed E-state index contributed by atoms with van der Waals surface area (Å²) in [5.41, 5.74) is 2.32. The molecule has 0 spiro atoms. The second-order valence-electron chi connectivity index (χ2n) is 5.10. The molecule has 0 bridgehead atoms. The SMILES string of the molecule is COC[C@@H]1CN(C(=O)c2ccccn2)Cc2nnn(C)c21. The molecule has 0 saturated carbocycles. The van der Waals surface area contributed by atoms with Crippen molar-refractivity contribution < 1.29 is 9.53 Å². The maximum atomic E-state index is 12.5. The predicted octanol–water partition coefficient (Wildman–Crippen LogP) is 0.596. The van der Waals surface area contributed by atoms with Gasteiger partial charge in [0, 0.05) is 32.8 Å². The highest BCUT2D eigenvalue weighted by molar-refractivity contribution is 5.92. The van der Waals surface area contributed by atoms with E-state index in [1.165, 1.54) is 0 Å². The van der Waals surface area contributed by atoms with Crippen LogP contribution in [0, 0.1) is 0 Å². The van der Waals surface area contributed by atoms with Crippen LogP contribution in [0.2, 0.25) is 0 Å². The molecule has 2 aromatic heterocycles. The van der Waals surface area contributed by atoms with Gasteiger partial charge in [-0.15, -0.1) is 5.10 Å². The minimum atomic E-state index is -0.0898. The first-order valence-corrected chi connectivity index (χ1v) is 6.78. The lowest BCUT2D eigenvalue weighted by molar-refractivity contribution is 0.0667. The lowest BCUT2D eigenvalue weighted by atomic mass is 9.98. The van der Waals surface area contributed by atoms with Crippen molar-refractivity contribution in [1.82, 2.24) is 24.9 Å². The molecule has 1 aliphatic heterocycles. The zero-order chi connectivity index (χ0) is 14.8. The lowest BCUT2D eigenvalue weighted by Gasteiger charge is -2.31. The minimum Gasteiger partial charge on any atom is -0.384 e. The summed E-state index contributed by atoms with van der Waals surface area (Å²) >= 11 is 0. The Hall–Kier alpha value is -2.28. The quantitative estimate of drug-likeness (QED) is 0.826. The Bertz CT molecular complexity index is 640. The highest BCUT2D eigenvalue weighted by Gasteiger charge is 2.32. The largest absolute Gasteiger partial charge is 0.384 e. The molecular formula is C14H17N5O2. The van der Waals surface area contributed by atoms with E-state index in [1.54, 1.807) is 35.0 Å². The zero-order valence-corrected chi connectivity index (χ0v) is 12.1. The third-order valence-electron chi connectivity index (χ3n) is 3.65. The molecule has 7 nitrogen and oxygen atoms in total. The van der Waals surface area contributed by atoms with E-state index >= 15 is 0 Å². The van der Waals surface area contributed by atoms with E-state index < -0.39 is 0 Å². The van der Waals surface area contributed by atoms with Crippen LogP contribution in [-0.4, -0.2) is 51.0 Å². The van der Waals surface area contributed by atoms with Crippen molar-refractivity contribution in [2.24, 2.45) is 7.05 Å². The molecular weight excluding hydrogens is 270 g/mol. The van der Waals surface area contributed by atoms with Gasteiger partial charge in [0.15, 0.2) is 0 Å². The molecule has 110 valence electrons. The van der Waals surface area contributed by atoms with Gasteiger partial charge in [-0.3, -0.25) is 14.5 Å². The molecule has 0 N–H and O–H groups in total. The number of aryl methyl sites for hydroxylation is 1. The monoisotopic (exact) mass is 287 g/mol. The fraction of sp³-hybridized carbons (Fsp3) is 0.429. The van der Waals surface area contributed by atoms with Gasteiger partial charge in [0.2, 0.25) is 0 Å². The van der Waals surface area contributed by atoms with Crippen LogP contribution < -0.4 is 0 Å². The Balaban J connectivity index is 1.88. The van der Waals surface area contributed by atoms with E-state index in [-0.39, 0.29) is 11.8 Å². The van der Waals surface area contributed by atoms with Crippen LogP contribution in [0.1, 0.15) is 27.8 Å². The van der Waals surface area contributed by atoms with Gasteiger partial charge < -0.3 is 9.64 Å². The number of fused-ring (bicyclic) bond motifs is 1. The Labute approximate surface area is 122 Å². The van der Waals surface area contributed by atoms with Crippen LogP contribution in [0.4, 0.5) is 0 Å². The zero-order valence-electron chi connectivity index (χ0n) is 12.1. The molecule has 0 aromatic carbocycles. The number of nitrogens with zero attached hydrogens (tertiary/aromatic N) is 5. The standard InChI is InChI=1S/C14H17N5O2/c1-18-13-10(9-21-2)7-19(8-12(13)16-17-18)14(20)11-5-3-4-6-15-11/h3-6,10H,7-9H2,1-2H3/t10-/m0/s1. The third-order valence-corrected chi connectivity index (χ3v) is 3.65. The molecule has 3 rings (SSSR count). The molecule has 0 saturated heterocycles. The van der Waals surface area contributed by atoms with Crippen LogP contribution in [0.25, 0.3) is 0 Å². The van der Waals surface area contributed by atoms with Gasteiger partial charge in [0.25, 0.3) is 5.91 Å². The third kappa shape index (κ3) is 2.52. The Kier molecular flexibility index (Phi) is 3.66. The number of hydrogen-bond donors (Lipinski definition) is 0. The topological polar surface area (TPSA) is 73.1 Å². The first-order valence-electron chi connectivity index (χ1n) is 6.78. The average Bonchev–Trinajstić information content (AvgIpc) is 2.89. The van der Waals surface area contributed by atoms with Crippen molar-refractivity contribution >= 4 is 5.91 Å². The summed E-state index contributed by atoms with van der Waals surface area (Å²) in [6, 6.07) is 5.33. The van der Waals surface area contributed by atoms with Crippen molar-refractivity contribution in [3.05, 3.63) is 41.5 Å².